The van der Waals surface area contributed by atoms with Crippen molar-refractivity contribution < 1.29 is 18.7 Å². The summed E-state index contributed by atoms with van der Waals surface area (Å²) >= 11 is 0. The topological polar surface area (TPSA) is 112 Å². The molecule has 0 saturated carbocycles. The van der Waals surface area contributed by atoms with Gasteiger partial charge in [-0.15, -0.1) is 0 Å². The quantitative estimate of drug-likeness (QED) is 0.399. The zero-order valence-electron chi connectivity index (χ0n) is 20.7. The highest BCUT2D eigenvalue weighted by Crippen LogP contribution is 2.29. The van der Waals surface area contributed by atoms with E-state index in [2.05, 4.69) is 26.9 Å². The lowest BCUT2D eigenvalue weighted by atomic mass is 10.1. The van der Waals surface area contributed by atoms with E-state index in [9.17, 15) is 9.18 Å². The first-order valence-corrected chi connectivity index (χ1v) is 12.0. The summed E-state index contributed by atoms with van der Waals surface area (Å²) in [6, 6.07) is 5.31. The van der Waals surface area contributed by atoms with Gasteiger partial charge in [0.25, 0.3) is 0 Å². The van der Waals surface area contributed by atoms with Gasteiger partial charge in [-0.2, -0.15) is 5.10 Å². The molecule has 2 aliphatic heterocycles. The van der Waals surface area contributed by atoms with Crippen molar-refractivity contribution in [1.29, 1.82) is 0 Å². The summed E-state index contributed by atoms with van der Waals surface area (Å²) in [4.78, 5) is 24.8. The Bertz CT molecular complexity index is 1380. The van der Waals surface area contributed by atoms with Gasteiger partial charge in [0, 0.05) is 50.4 Å². The molecule has 10 nitrogen and oxygen atoms in total. The van der Waals surface area contributed by atoms with Crippen LogP contribution in [0.2, 0.25) is 0 Å². The molecule has 1 atom stereocenters. The fourth-order valence-corrected chi connectivity index (χ4v) is 4.50. The summed E-state index contributed by atoms with van der Waals surface area (Å²) in [5.41, 5.74) is 7.89. The van der Waals surface area contributed by atoms with Crippen LogP contribution in [-0.2, 0) is 4.79 Å². The molecule has 1 amide bonds. The number of aromatic nitrogens is 4. The van der Waals surface area contributed by atoms with E-state index in [0.717, 1.165) is 6.54 Å². The Morgan fingerprint density at radius 3 is 2.59 bits per heavy atom. The molecule has 0 bridgehead atoms. The van der Waals surface area contributed by atoms with Crippen molar-refractivity contribution >= 4 is 22.8 Å². The number of nitrogens with zero attached hydrogens (tertiary/aromatic N) is 6. The van der Waals surface area contributed by atoms with Crippen LogP contribution >= 0.6 is 0 Å². The molecule has 0 radical (unpaired) electrons. The highest BCUT2D eigenvalue weighted by Gasteiger charge is 2.33. The number of amides is 1. The molecule has 37 heavy (non-hydrogen) atoms. The summed E-state index contributed by atoms with van der Waals surface area (Å²) in [5.74, 6) is 7.65. The smallest absolute Gasteiger partial charge is 0.246 e. The van der Waals surface area contributed by atoms with Crippen LogP contribution in [0.5, 0.6) is 11.5 Å². The minimum atomic E-state index is -0.769. The van der Waals surface area contributed by atoms with Crippen molar-refractivity contribution in [3.05, 3.63) is 47.9 Å². The van der Waals surface area contributed by atoms with E-state index in [1.54, 1.807) is 54.2 Å². The van der Waals surface area contributed by atoms with Crippen LogP contribution in [0, 0.1) is 11.8 Å². The zero-order valence-corrected chi connectivity index (χ0v) is 20.7. The van der Waals surface area contributed by atoms with Crippen LogP contribution in [0.3, 0.4) is 0 Å². The molecule has 2 aromatic heterocycles. The summed E-state index contributed by atoms with van der Waals surface area (Å²) in [7, 11) is 3.16. The Kier molecular flexibility index (Phi) is 6.92. The Morgan fingerprint density at radius 1 is 1.16 bits per heavy atom. The maximum Gasteiger partial charge on any atom is 0.246 e. The monoisotopic (exact) mass is 505 g/mol. The SMILES string of the molecule is COc1cc(C#Cc2nn(C3CN(C(=O)C=CCN4CC[C@@H](F)C4)C3)c3ncnc(N)c23)cc(OC)c1. The van der Waals surface area contributed by atoms with Gasteiger partial charge in [0.2, 0.25) is 5.91 Å². The first-order chi connectivity index (χ1) is 17.9. The van der Waals surface area contributed by atoms with E-state index < -0.39 is 6.17 Å². The maximum atomic E-state index is 13.3. The number of fused-ring (bicyclic) bond motifs is 1. The molecule has 1 aromatic carbocycles. The molecule has 2 N–H and O–H groups in total. The number of anilines is 1. The van der Waals surface area contributed by atoms with Gasteiger partial charge in [0.05, 0.1) is 25.6 Å². The Hall–Kier alpha value is -4.17. The number of carbonyl (C=O) groups excluding carboxylic acids is 1. The summed E-state index contributed by atoms with van der Waals surface area (Å²) in [5, 5.41) is 5.26. The average Bonchev–Trinajstić information content (AvgIpc) is 3.45. The molecule has 2 aliphatic rings. The second kappa shape index (κ2) is 10.4. The lowest BCUT2D eigenvalue weighted by Crippen LogP contribution is -2.50. The van der Waals surface area contributed by atoms with Crippen LogP contribution in [0.25, 0.3) is 11.0 Å². The number of hydrogen-bond acceptors (Lipinski definition) is 8. The zero-order chi connectivity index (χ0) is 25.9. The fraction of sp³-hybridized carbons (Fsp3) is 0.385. The number of nitrogen functional groups attached to an aromatic ring is 1. The van der Waals surface area contributed by atoms with Gasteiger partial charge < -0.3 is 20.1 Å². The lowest BCUT2D eigenvalue weighted by Gasteiger charge is -2.38. The Labute approximate surface area is 213 Å². The van der Waals surface area contributed by atoms with Crippen LogP contribution in [-0.4, -0.2) is 88.6 Å². The molecule has 4 heterocycles. The maximum absolute atomic E-state index is 13.3. The summed E-state index contributed by atoms with van der Waals surface area (Å²) in [6.45, 7) is 2.70. The summed E-state index contributed by atoms with van der Waals surface area (Å²) in [6.07, 6.45) is 4.54. The standard InChI is InChI=1S/C26H28FN7O3/c1-36-20-10-17(11-21(12-20)37-2)5-6-22-24-25(28)29-16-30-26(24)34(31-22)19-14-33(15-19)23(35)4-3-8-32-9-7-18(27)13-32/h3-4,10-12,16,18-19H,7-9,13-15H2,1-2H3,(H2,28,29,30)/t18-/m1/s1. The predicted molar refractivity (Wildman–Crippen MR) is 136 cm³/mol. The first kappa shape index (κ1) is 24.5. The summed E-state index contributed by atoms with van der Waals surface area (Å²) < 4.78 is 25.7. The minimum absolute atomic E-state index is 0.0625. The third kappa shape index (κ3) is 5.20. The van der Waals surface area contributed by atoms with Gasteiger partial charge >= 0.3 is 0 Å². The van der Waals surface area contributed by atoms with Crippen molar-refractivity contribution in [3.8, 4) is 23.3 Å². The number of rotatable bonds is 6. The molecule has 0 spiro atoms. The molecule has 2 fully saturated rings. The second-order valence-electron chi connectivity index (χ2n) is 9.05. The van der Waals surface area contributed by atoms with Gasteiger partial charge in [-0.25, -0.2) is 19.0 Å². The van der Waals surface area contributed by atoms with Crippen molar-refractivity contribution in [1.82, 2.24) is 29.5 Å². The molecular weight excluding hydrogens is 477 g/mol. The van der Waals surface area contributed by atoms with Gasteiger partial charge in [-0.05, 0) is 24.5 Å². The molecule has 2 saturated heterocycles. The van der Waals surface area contributed by atoms with E-state index in [-0.39, 0.29) is 17.8 Å². The van der Waals surface area contributed by atoms with E-state index in [4.69, 9.17) is 15.2 Å². The molecular formula is C26H28FN7O3. The highest BCUT2D eigenvalue weighted by molar-refractivity contribution is 5.91. The molecule has 5 rings (SSSR count). The van der Waals surface area contributed by atoms with Crippen LogP contribution in [0.1, 0.15) is 23.7 Å². The number of carbonyl (C=O) groups is 1. The number of benzene rings is 1. The number of nitrogens with two attached hydrogens (primary N) is 1. The van der Waals surface area contributed by atoms with Gasteiger partial charge in [0.1, 0.15) is 35.5 Å². The van der Waals surface area contributed by atoms with Crippen molar-refractivity contribution in [2.45, 2.75) is 18.6 Å². The second-order valence-corrected chi connectivity index (χ2v) is 9.05. The van der Waals surface area contributed by atoms with Crippen molar-refractivity contribution in [2.24, 2.45) is 0 Å². The third-order valence-corrected chi connectivity index (χ3v) is 6.55. The number of ether oxygens (including phenoxy) is 2. The van der Waals surface area contributed by atoms with E-state index in [1.165, 1.54) is 6.33 Å². The normalized spacial score (nSPS) is 18.1. The van der Waals surface area contributed by atoms with E-state index in [0.29, 0.717) is 66.4 Å². The van der Waals surface area contributed by atoms with Gasteiger partial charge in [-0.1, -0.05) is 12.0 Å². The number of likely N-dealkylation sites (tertiary alicyclic amines) is 2. The van der Waals surface area contributed by atoms with Crippen molar-refractivity contribution in [3.63, 3.8) is 0 Å². The van der Waals surface area contributed by atoms with Gasteiger partial charge in [0.15, 0.2) is 5.65 Å². The number of halogens is 1. The van der Waals surface area contributed by atoms with E-state index >= 15 is 0 Å². The molecule has 0 aliphatic carbocycles. The number of hydrogen-bond donors (Lipinski definition) is 1. The Balaban J connectivity index is 1.32. The first-order valence-electron chi connectivity index (χ1n) is 12.0. The molecule has 0 unspecified atom stereocenters. The van der Waals surface area contributed by atoms with Crippen molar-refractivity contribution in [2.75, 3.05) is 52.7 Å². The predicted octanol–water partition coefficient (Wildman–Crippen LogP) is 1.81. The fourth-order valence-electron chi connectivity index (χ4n) is 4.50. The molecule has 11 heteroatoms. The average molecular weight is 506 g/mol. The largest absolute Gasteiger partial charge is 0.497 e. The lowest BCUT2D eigenvalue weighted by molar-refractivity contribution is -0.131. The van der Waals surface area contributed by atoms with Crippen LogP contribution in [0.4, 0.5) is 10.2 Å². The molecule has 192 valence electrons. The minimum Gasteiger partial charge on any atom is -0.497 e. The van der Waals surface area contributed by atoms with Gasteiger partial charge in [-0.3, -0.25) is 9.69 Å². The number of methoxy groups -OCH3 is 2. The van der Waals surface area contributed by atoms with E-state index in [1.807, 2.05) is 4.90 Å². The Morgan fingerprint density at radius 2 is 1.92 bits per heavy atom. The van der Waals surface area contributed by atoms with Crippen LogP contribution in [0.15, 0.2) is 36.7 Å². The number of alkyl halides is 1. The third-order valence-electron chi connectivity index (χ3n) is 6.55. The van der Waals surface area contributed by atoms with Crippen LogP contribution < -0.4 is 15.2 Å². The highest BCUT2D eigenvalue weighted by atomic mass is 19.1. The molecule has 3 aromatic rings.